The van der Waals surface area contributed by atoms with Gasteiger partial charge in [-0.25, -0.2) is 0 Å². The fraction of sp³-hybridized carbons (Fsp3) is 0.0175. The molecule has 2 nitrogen and oxygen atoms in total. The van der Waals surface area contributed by atoms with E-state index in [1.54, 1.807) is 0 Å². The summed E-state index contributed by atoms with van der Waals surface area (Å²) in [5.74, 6) is 0. The SMILES string of the molecule is c1ccc(-c2ccc(N(c3ccc(C4(c5ccccc5)c5ccccc5-c5ccccc54)cc3)c3ccc4c(ccc5ccc6c7ccccc7oc6c54)c3)cc2)cc1. The maximum absolute atomic E-state index is 6.56. The standard InChI is InChI=1S/C57H37NO/c1-3-13-38(14-4-1)39-25-30-44(31-26-39)58(46-34-36-47-41(37-46)24-23-40-27-35-51-50-19-9-12-22-54(50)59-56(51)55(40)47)45-32-28-43(29-33-45)57(42-15-5-2-6-16-42)52-20-10-7-17-48(52)49-18-8-11-21-53(49)57/h1-37H. The van der Waals surface area contributed by atoms with Gasteiger partial charge >= 0.3 is 0 Å². The molecule has 0 atom stereocenters. The van der Waals surface area contributed by atoms with E-state index in [-0.39, 0.29) is 0 Å². The van der Waals surface area contributed by atoms with Crippen LogP contribution in [-0.4, -0.2) is 0 Å². The zero-order chi connectivity index (χ0) is 38.9. The number of rotatable bonds is 6. The molecule has 0 fully saturated rings. The quantitative estimate of drug-likeness (QED) is 0.157. The van der Waals surface area contributed by atoms with Gasteiger partial charge in [0.2, 0.25) is 0 Å². The molecule has 0 amide bonds. The Morgan fingerprint density at radius 1 is 0.356 bits per heavy atom. The lowest BCUT2D eigenvalue weighted by Crippen LogP contribution is -2.28. The molecular formula is C57H37NO. The third-order valence-corrected chi connectivity index (χ3v) is 12.5. The normalized spacial score (nSPS) is 12.9. The van der Waals surface area contributed by atoms with Gasteiger partial charge in [-0.3, -0.25) is 0 Å². The van der Waals surface area contributed by atoms with E-state index in [0.29, 0.717) is 0 Å². The summed E-state index contributed by atoms with van der Waals surface area (Å²) in [6, 6.07) is 81.8. The van der Waals surface area contributed by atoms with Crippen molar-refractivity contribution in [1.82, 2.24) is 0 Å². The molecule has 0 radical (unpaired) electrons. The van der Waals surface area contributed by atoms with Gasteiger partial charge in [-0.2, -0.15) is 0 Å². The summed E-state index contributed by atoms with van der Waals surface area (Å²) in [6.45, 7) is 0. The second-order valence-electron chi connectivity index (χ2n) is 15.6. The molecule has 276 valence electrons. The van der Waals surface area contributed by atoms with E-state index >= 15 is 0 Å². The summed E-state index contributed by atoms with van der Waals surface area (Å²) in [5, 5.41) is 6.94. The second-order valence-corrected chi connectivity index (χ2v) is 15.6. The van der Waals surface area contributed by atoms with E-state index in [1.165, 1.54) is 55.3 Å². The minimum Gasteiger partial charge on any atom is -0.455 e. The minimum absolute atomic E-state index is 0.457. The lowest BCUT2D eigenvalue weighted by atomic mass is 9.68. The maximum atomic E-state index is 6.56. The van der Waals surface area contributed by atoms with Crippen LogP contribution < -0.4 is 4.90 Å². The summed E-state index contributed by atoms with van der Waals surface area (Å²) in [6.07, 6.45) is 0. The zero-order valence-corrected chi connectivity index (χ0v) is 32.2. The van der Waals surface area contributed by atoms with Gasteiger partial charge in [-0.05, 0) is 109 Å². The minimum atomic E-state index is -0.457. The zero-order valence-electron chi connectivity index (χ0n) is 32.2. The number of benzene rings is 10. The average Bonchev–Trinajstić information content (AvgIpc) is 3.84. The van der Waals surface area contributed by atoms with E-state index in [9.17, 15) is 0 Å². The Hall–Kier alpha value is -7.68. The van der Waals surface area contributed by atoms with Crippen LogP contribution in [-0.2, 0) is 5.41 Å². The Balaban J connectivity index is 1.04. The average molecular weight is 752 g/mol. The van der Waals surface area contributed by atoms with Crippen molar-refractivity contribution < 1.29 is 4.42 Å². The largest absolute Gasteiger partial charge is 0.455 e. The monoisotopic (exact) mass is 751 g/mol. The molecule has 0 bridgehead atoms. The fourth-order valence-electron chi connectivity index (χ4n) is 9.91. The molecule has 2 heteroatoms. The van der Waals surface area contributed by atoms with Crippen LogP contribution in [0.4, 0.5) is 17.1 Å². The number of hydrogen-bond donors (Lipinski definition) is 0. The molecule has 0 spiro atoms. The van der Waals surface area contributed by atoms with Gasteiger partial charge in [0.05, 0.1) is 5.41 Å². The van der Waals surface area contributed by atoms with Crippen molar-refractivity contribution in [1.29, 1.82) is 0 Å². The van der Waals surface area contributed by atoms with Crippen LogP contribution in [0.3, 0.4) is 0 Å². The maximum Gasteiger partial charge on any atom is 0.143 e. The van der Waals surface area contributed by atoms with Crippen LogP contribution >= 0.6 is 0 Å². The van der Waals surface area contributed by atoms with Crippen LogP contribution in [0.1, 0.15) is 22.3 Å². The molecule has 1 aromatic heterocycles. The Kier molecular flexibility index (Phi) is 7.48. The molecule has 0 saturated carbocycles. The highest BCUT2D eigenvalue weighted by atomic mass is 16.3. The van der Waals surface area contributed by atoms with Gasteiger partial charge in [0.1, 0.15) is 11.2 Å². The van der Waals surface area contributed by atoms with E-state index < -0.39 is 5.41 Å². The van der Waals surface area contributed by atoms with Gasteiger partial charge in [0.25, 0.3) is 0 Å². The van der Waals surface area contributed by atoms with Crippen LogP contribution in [0.5, 0.6) is 0 Å². The molecule has 12 rings (SSSR count). The predicted molar refractivity (Wildman–Crippen MR) is 246 cm³/mol. The Morgan fingerprint density at radius 2 is 0.881 bits per heavy atom. The van der Waals surface area contributed by atoms with Crippen LogP contribution in [0.2, 0.25) is 0 Å². The smallest absolute Gasteiger partial charge is 0.143 e. The van der Waals surface area contributed by atoms with E-state index in [2.05, 4.69) is 223 Å². The Labute approximate surface area is 342 Å². The van der Waals surface area contributed by atoms with Crippen LogP contribution in [0.25, 0.3) is 65.7 Å². The predicted octanol–water partition coefficient (Wildman–Crippen LogP) is 15.4. The van der Waals surface area contributed by atoms with Gasteiger partial charge in [0, 0.05) is 33.2 Å². The summed E-state index contributed by atoms with van der Waals surface area (Å²) in [4.78, 5) is 2.38. The Bertz CT molecular complexity index is 3320. The van der Waals surface area contributed by atoms with Crippen molar-refractivity contribution in [3.05, 3.63) is 247 Å². The topological polar surface area (TPSA) is 16.4 Å². The first-order valence-electron chi connectivity index (χ1n) is 20.3. The summed E-state index contributed by atoms with van der Waals surface area (Å²) < 4.78 is 6.56. The van der Waals surface area contributed by atoms with Crippen molar-refractivity contribution in [2.24, 2.45) is 0 Å². The first-order chi connectivity index (χ1) is 29.3. The van der Waals surface area contributed by atoms with Gasteiger partial charge in [0.15, 0.2) is 0 Å². The highest BCUT2D eigenvalue weighted by Crippen LogP contribution is 2.56. The molecule has 0 saturated heterocycles. The summed E-state index contributed by atoms with van der Waals surface area (Å²) >= 11 is 0. The highest BCUT2D eigenvalue weighted by Gasteiger charge is 2.45. The molecular weight excluding hydrogens is 715 g/mol. The van der Waals surface area contributed by atoms with Gasteiger partial charge in [-0.1, -0.05) is 176 Å². The number of anilines is 3. The number of furan rings is 1. The molecule has 0 unspecified atom stereocenters. The van der Waals surface area contributed by atoms with Crippen LogP contribution in [0, 0.1) is 0 Å². The lowest BCUT2D eigenvalue weighted by molar-refractivity contribution is 0.673. The molecule has 1 aliphatic carbocycles. The molecule has 10 aromatic carbocycles. The van der Waals surface area contributed by atoms with Gasteiger partial charge < -0.3 is 9.32 Å². The molecule has 0 aliphatic heterocycles. The highest BCUT2D eigenvalue weighted by molar-refractivity contribution is 6.23. The molecule has 11 aromatic rings. The van der Waals surface area contributed by atoms with Crippen LogP contribution in [0.15, 0.2) is 229 Å². The van der Waals surface area contributed by atoms with Crippen molar-refractivity contribution in [3.63, 3.8) is 0 Å². The van der Waals surface area contributed by atoms with E-state index in [1.807, 2.05) is 6.07 Å². The molecule has 59 heavy (non-hydrogen) atoms. The number of nitrogens with zero attached hydrogens (tertiary/aromatic N) is 1. The summed E-state index contributed by atoms with van der Waals surface area (Å²) in [5.41, 5.74) is 14.8. The second kappa shape index (κ2) is 13.2. The lowest BCUT2D eigenvalue weighted by Gasteiger charge is -2.34. The first kappa shape index (κ1) is 33.5. The van der Waals surface area contributed by atoms with Crippen molar-refractivity contribution in [2.45, 2.75) is 5.41 Å². The van der Waals surface area contributed by atoms with E-state index in [0.717, 1.165) is 49.8 Å². The fourth-order valence-corrected chi connectivity index (χ4v) is 9.91. The van der Waals surface area contributed by atoms with E-state index in [4.69, 9.17) is 4.42 Å². The number of fused-ring (bicyclic) bond motifs is 10. The van der Waals surface area contributed by atoms with Gasteiger partial charge in [-0.15, -0.1) is 0 Å². The third-order valence-electron chi connectivity index (χ3n) is 12.5. The Morgan fingerprint density at radius 3 is 1.61 bits per heavy atom. The molecule has 1 heterocycles. The third kappa shape index (κ3) is 5.06. The first-order valence-corrected chi connectivity index (χ1v) is 20.3. The number of hydrogen-bond acceptors (Lipinski definition) is 2. The van der Waals surface area contributed by atoms with Crippen molar-refractivity contribution >= 4 is 60.5 Å². The summed E-state index contributed by atoms with van der Waals surface area (Å²) in [7, 11) is 0. The van der Waals surface area contributed by atoms with Crippen molar-refractivity contribution in [2.75, 3.05) is 4.90 Å². The molecule has 1 aliphatic rings. The number of para-hydroxylation sites is 1. The molecule has 0 N–H and O–H groups in total. The van der Waals surface area contributed by atoms with Crippen molar-refractivity contribution in [3.8, 4) is 22.3 Å².